The van der Waals surface area contributed by atoms with Crippen molar-refractivity contribution in [3.05, 3.63) is 59.4 Å². The van der Waals surface area contributed by atoms with Gasteiger partial charge >= 0.3 is 0 Å². The van der Waals surface area contributed by atoms with Crippen molar-refractivity contribution >= 4 is 17.2 Å². The van der Waals surface area contributed by atoms with Crippen LogP contribution in [0.1, 0.15) is 10.5 Å². The number of amides is 1. The fourth-order valence-corrected chi connectivity index (χ4v) is 3.77. The summed E-state index contributed by atoms with van der Waals surface area (Å²) in [6.07, 6.45) is 0. The topological polar surface area (TPSA) is 58.8 Å². The zero-order chi connectivity index (χ0) is 19.3. The molecule has 1 saturated heterocycles. The largest absolute Gasteiger partial charge is 0.489 e. The summed E-state index contributed by atoms with van der Waals surface area (Å²) < 4.78 is 24.4. The minimum Gasteiger partial charge on any atom is -0.489 e. The lowest BCUT2D eigenvalue weighted by molar-refractivity contribution is 0.0609. The molecule has 4 rings (SSSR count). The van der Waals surface area contributed by atoms with E-state index < -0.39 is 0 Å². The Bertz CT molecular complexity index is 920. The summed E-state index contributed by atoms with van der Waals surface area (Å²) in [5.74, 6) is 0.410. The predicted octanol–water partition coefficient (Wildman–Crippen LogP) is 3.38. The quantitative estimate of drug-likeness (QED) is 0.634. The van der Waals surface area contributed by atoms with Crippen molar-refractivity contribution in [1.29, 1.82) is 0 Å². The number of thiophene rings is 1. The second-order valence-corrected chi connectivity index (χ2v) is 7.41. The molecule has 3 aromatic rings. The lowest BCUT2D eigenvalue weighted by atomic mass is 10.2. The third kappa shape index (κ3) is 4.23. The number of nitrogens with zero attached hydrogens (tertiary/aromatic N) is 3. The molecule has 1 amide bonds. The predicted molar refractivity (Wildman–Crippen MR) is 104 cm³/mol. The van der Waals surface area contributed by atoms with E-state index in [1.165, 1.54) is 6.07 Å². The van der Waals surface area contributed by atoms with Gasteiger partial charge in [-0.15, -0.1) is 11.3 Å². The van der Waals surface area contributed by atoms with E-state index in [-0.39, 0.29) is 17.5 Å². The maximum absolute atomic E-state index is 13.6. The number of carbonyl (C=O) groups excluding carboxylic acids is 1. The van der Waals surface area contributed by atoms with Crippen LogP contribution >= 0.6 is 11.3 Å². The molecule has 28 heavy (non-hydrogen) atoms. The molecule has 0 bridgehead atoms. The van der Waals surface area contributed by atoms with Crippen LogP contribution in [0.3, 0.4) is 0 Å². The zero-order valence-corrected chi connectivity index (χ0v) is 16.0. The maximum Gasteiger partial charge on any atom is 0.276 e. The van der Waals surface area contributed by atoms with Crippen molar-refractivity contribution in [2.45, 2.75) is 0 Å². The number of piperazine rings is 1. The van der Waals surface area contributed by atoms with Gasteiger partial charge in [-0.3, -0.25) is 9.69 Å². The lowest BCUT2D eigenvalue weighted by Crippen LogP contribution is -2.49. The van der Waals surface area contributed by atoms with Crippen LogP contribution in [0.5, 0.6) is 5.75 Å². The molecule has 0 radical (unpaired) electrons. The second-order valence-electron chi connectivity index (χ2n) is 6.47. The highest BCUT2D eigenvalue weighted by atomic mass is 32.1. The summed E-state index contributed by atoms with van der Waals surface area (Å²) in [6.45, 7) is 3.79. The molecule has 0 unspecified atom stereocenters. The Balaban J connectivity index is 1.25. The van der Waals surface area contributed by atoms with E-state index in [0.717, 1.165) is 18.0 Å². The van der Waals surface area contributed by atoms with Gasteiger partial charge in [0.1, 0.15) is 6.61 Å². The lowest BCUT2D eigenvalue weighted by Gasteiger charge is -2.34. The number of hydrogen-bond acceptors (Lipinski definition) is 6. The van der Waals surface area contributed by atoms with Gasteiger partial charge in [0.25, 0.3) is 5.91 Å². The minimum atomic E-state index is -0.354. The molecule has 0 N–H and O–H groups in total. The van der Waals surface area contributed by atoms with E-state index in [1.54, 1.807) is 40.5 Å². The molecule has 1 fully saturated rings. The van der Waals surface area contributed by atoms with Crippen molar-refractivity contribution < 1.29 is 18.4 Å². The first-order valence-electron chi connectivity index (χ1n) is 9.10. The molecule has 6 nitrogen and oxygen atoms in total. The van der Waals surface area contributed by atoms with Gasteiger partial charge in [-0.25, -0.2) is 4.39 Å². The van der Waals surface area contributed by atoms with Gasteiger partial charge in [-0.1, -0.05) is 23.4 Å². The molecule has 1 aliphatic rings. The van der Waals surface area contributed by atoms with Crippen LogP contribution in [0.15, 0.2) is 52.4 Å². The third-order valence-corrected chi connectivity index (χ3v) is 5.54. The molecule has 1 aliphatic heterocycles. The number of carbonyl (C=O) groups is 1. The van der Waals surface area contributed by atoms with Gasteiger partial charge in [0.15, 0.2) is 23.0 Å². The Hall–Kier alpha value is -2.71. The first-order chi connectivity index (χ1) is 13.7. The summed E-state index contributed by atoms with van der Waals surface area (Å²) in [5, 5.41) is 5.88. The van der Waals surface area contributed by atoms with Gasteiger partial charge in [-0.2, -0.15) is 0 Å². The van der Waals surface area contributed by atoms with E-state index >= 15 is 0 Å². The SMILES string of the molecule is O=C(c1cc(-c2cccs2)on1)N1CCN(CCOc2ccccc2F)CC1. The van der Waals surface area contributed by atoms with Gasteiger partial charge in [0.2, 0.25) is 0 Å². The summed E-state index contributed by atoms with van der Waals surface area (Å²) in [6, 6.07) is 11.9. The zero-order valence-electron chi connectivity index (χ0n) is 15.2. The van der Waals surface area contributed by atoms with Crippen molar-refractivity contribution in [2.24, 2.45) is 0 Å². The van der Waals surface area contributed by atoms with Crippen LogP contribution in [0.4, 0.5) is 4.39 Å². The molecule has 146 valence electrons. The first kappa shape index (κ1) is 18.6. The maximum atomic E-state index is 13.6. The second kappa shape index (κ2) is 8.53. The Labute approximate surface area is 166 Å². The average Bonchev–Trinajstić information content (AvgIpc) is 3.41. The number of ether oxygens (including phenoxy) is 1. The third-order valence-electron chi connectivity index (χ3n) is 4.65. The highest BCUT2D eigenvalue weighted by molar-refractivity contribution is 7.13. The van der Waals surface area contributed by atoms with Gasteiger partial charge in [0.05, 0.1) is 4.88 Å². The van der Waals surface area contributed by atoms with Gasteiger partial charge in [-0.05, 0) is 23.6 Å². The Kier molecular flexibility index (Phi) is 5.68. The fraction of sp³-hybridized carbons (Fsp3) is 0.300. The number of benzene rings is 1. The summed E-state index contributed by atoms with van der Waals surface area (Å²) in [4.78, 5) is 17.6. The fourth-order valence-electron chi connectivity index (χ4n) is 3.09. The van der Waals surface area contributed by atoms with Crippen molar-refractivity contribution in [3.8, 4) is 16.4 Å². The Morgan fingerprint density at radius 2 is 2.00 bits per heavy atom. The van der Waals surface area contributed by atoms with Crippen molar-refractivity contribution in [3.63, 3.8) is 0 Å². The summed E-state index contributed by atoms with van der Waals surface area (Å²) in [5.41, 5.74) is 0.333. The molecule has 8 heteroatoms. The van der Waals surface area contributed by atoms with Crippen LogP contribution in [0.25, 0.3) is 10.6 Å². The monoisotopic (exact) mass is 401 g/mol. The van der Waals surface area contributed by atoms with Gasteiger partial charge < -0.3 is 14.2 Å². The van der Waals surface area contributed by atoms with Crippen LogP contribution in [-0.2, 0) is 0 Å². The molecule has 0 spiro atoms. The van der Waals surface area contributed by atoms with Crippen molar-refractivity contribution in [1.82, 2.24) is 15.0 Å². The average molecular weight is 401 g/mol. The summed E-state index contributed by atoms with van der Waals surface area (Å²) >= 11 is 1.54. The highest BCUT2D eigenvalue weighted by Crippen LogP contribution is 2.25. The number of para-hydroxylation sites is 1. The Morgan fingerprint density at radius 3 is 2.75 bits per heavy atom. The minimum absolute atomic E-state index is 0.117. The van der Waals surface area contributed by atoms with Gasteiger partial charge in [0, 0.05) is 38.8 Å². The normalized spacial score (nSPS) is 15.0. The van der Waals surface area contributed by atoms with Crippen LogP contribution in [-0.4, -0.2) is 60.2 Å². The van der Waals surface area contributed by atoms with Crippen LogP contribution in [0.2, 0.25) is 0 Å². The molecular formula is C20H20FN3O3S. The summed E-state index contributed by atoms with van der Waals surface area (Å²) in [7, 11) is 0. The molecular weight excluding hydrogens is 381 g/mol. The molecule has 2 aromatic heterocycles. The van der Waals surface area contributed by atoms with E-state index in [0.29, 0.717) is 37.7 Å². The van der Waals surface area contributed by atoms with Crippen molar-refractivity contribution in [2.75, 3.05) is 39.3 Å². The number of halogens is 1. The smallest absolute Gasteiger partial charge is 0.276 e. The number of rotatable bonds is 6. The van der Waals surface area contributed by atoms with Crippen LogP contribution in [0, 0.1) is 5.82 Å². The molecule has 0 aliphatic carbocycles. The molecule has 0 saturated carbocycles. The van der Waals surface area contributed by atoms with E-state index in [2.05, 4.69) is 10.1 Å². The van der Waals surface area contributed by atoms with Crippen LogP contribution < -0.4 is 4.74 Å². The highest BCUT2D eigenvalue weighted by Gasteiger charge is 2.24. The van der Waals surface area contributed by atoms with E-state index in [9.17, 15) is 9.18 Å². The number of hydrogen-bond donors (Lipinski definition) is 0. The van der Waals surface area contributed by atoms with E-state index in [1.807, 2.05) is 17.5 Å². The molecule has 0 atom stereocenters. The Morgan fingerprint density at radius 1 is 1.18 bits per heavy atom. The standard InChI is InChI=1S/C20H20FN3O3S/c21-15-4-1-2-5-17(15)26-12-11-23-7-9-24(10-8-23)20(25)16-14-18(27-22-16)19-6-3-13-28-19/h1-6,13-14H,7-12H2. The number of aromatic nitrogens is 1. The van der Waals surface area contributed by atoms with E-state index in [4.69, 9.17) is 9.26 Å². The molecule has 1 aromatic carbocycles. The first-order valence-corrected chi connectivity index (χ1v) is 9.98. The molecule has 3 heterocycles.